The lowest BCUT2D eigenvalue weighted by Crippen LogP contribution is -2.30. The summed E-state index contributed by atoms with van der Waals surface area (Å²) in [6, 6.07) is 10.2. The van der Waals surface area contributed by atoms with Crippen LogP contribution in [-0.4, -0.2) is 12.6 Å². The summed E-state index contributed by atoms with van der Waals surface area (Å²) in [5, 5.41) is 12.2. The third-order valence-corrected chi connectivity index (χ3v) is 3.41. The molecule has 3 N–H and O–H groups in total. The fraction of sp³-hybridized carbons (Fsp3) is 0.500. The number of anilines is 1. The van der Waals surface area contributed by atoms with Gasteiger partial charge >= 0.3 is 0 Å². The molecule has 0 spiro atoms. The molecule has 3 heteroatoms. The number of nitrogens with two attached hydrogens (primary N) is 1. The summed E-state index contributed by atoms with van der Waals surface area (Å²) in [4.78, 5) is 0. The van der Waals surface area contributed by atoms with Gasteiger partial charge in [0, 0.05) is 18.3 Å². The Morgan fingerprint density at radius 2 is 2.29 bits per heavy atom. The summed E-state index contributed by atoms with van der Waals surface area (Å²) in [6.07, 6.45) is 4.79. The lowest BCUT2D eigenvalue weighted by atomic mass is 9.86. The zero-order valence-electron chi connectivity index (χ0n) is 10.0. The maximum absolute atomic E-state index is 8.82. The molecule has 0 bridgehead atoms. The highest BCUT2D eigenvalue weighted by atomic mass is 14.9. The van der Waals surface area contributed by atoms with E-state index in [1.165, 1.54) is 19.3 Å². The Balaban J connectivity index is 1.87. The van der Waals surface area contributed by atoms with E-state index in [4.69, 9.17) is 11.0 Å². The van der Waals surface area contributed by atoms with E-state index in [-0.39, 0.29) is 0 Å². The van der Waals surface area contributed by atoms with Gasteiger partial charge in [-0.3, -0.25) is 0 Å². The molecule has 0 heterocycles. The number of nitrogens with one attached hydrogen (secondary N) is 1. The molecule has 2 unspecified atom stereocenters. The molecular formula is C14H19N3. The molecule has 0 radical (unpaired) electrons. The van der Waals surface area contributed by atoms with E-state index >= 15 is 0 Å². The molecule has 1 aliphatic rings. The SMILES string of the molecule is N#Cc1cccc(NCC2CCCC(N)C2)c1. The number of hydrogen-bond donors (Lipinski definition) is 2. The number of hydrogen-bond acceptors (Lipinski definition) is 3. The standard InChI is InChI=1S/C14H19N3/c15-9-11-3-2-6-14(8-11)17-10-12-4-1-5-13(16)7-12/h2-3,6,8,12-13,17H,1,4-5,7,10,16H2. The van der Waals surface area contributed by atoms with Crippen LogP contribution in [0.3, 0.4) is 0 Å². The van der Waals surface area contributed by atoms with E-state index in [1.54, 1.807) is 0 Å². The zero-order chi connectivity index (χ0) is 12.1. The third kappa shape index (κ3) is 3.47. The average molecular weight is 229 g/mol. The lowest BCUT2D eigenvalue weighted by molar-refractivity contribution is 0.335. The number of nitrogens with zero attached hydrogens (tertiary/aromatic N) is 1. The van der Waals surface area contributed by atoms with Gasteiger partial charge in [0.1, 0.15) is 0 Å². The molecule has 2 atom stereocenters. The topological polar surface area (TPSA) is 61.8 Å². The molecule has 1 fully saturated rings. The van der Waals surface area contributed by atoms with Crippen LogP contribution >= 0.6 is 0 Å². The maximum atomic E-state index is 8.82. The monoisotopic (exact) mass is 229 g/mol. The molecule has 0 aliphatic heterocycles. The van der Waals surface area contributed by atoms with Gasteiger partial charge in [0.05, 0.1) is 11.6 Å². The second kappa shape index (κ2) is 5.70. The highest BCUT2D eigenvalue weighted by Crippen LogP contribution is 2.23. The van der Waals surface area contributed by atoms with E-state index in [2.05, 4.69) is 11.4 Å². The molecule has 2 rings (SSSR count). The van der Waals surface area contributed by atoms with E-state index in [1.807, 2.05) is 24.3 Å². The first-order valence-corrected chi connectivity index (χ1v) is 6.27. The number of nitriles is 1. The predicted molar refractivity (Wildman–Crippen MR) is 69.6 cm³/mol. The molecular weight excluding hydrogens is 210 g/mol. The summed E-state index contributed by atoms with van der Waals surface area (Å²) in [7, 11) is 0. The maximum Gasteiger partial charge on any atom is 0.0992 e. The van der Waals surface area contributed by atoms with Gasteiger partial charge in [0.25, 0.3) is 0 Å². The molecule has 3 nitrogen and oxygen atoms in total. The summed E-state index contributed by atoms with van der Waals surface area (Å²) < 4.78 is 0. The summed E-state index contributed by atoms with van der Waals surface area (Å²) in [5.74, 6) is 0.671. The first-order valence-electron chi connectivity index (χ1n) is 6.27. The van der Waals surface area contributed by atoms with Gasteiger partial charge in [-0.15, -0.1) is 0 Å². The normalized spacial score (nSPS) is 24.0. The minimum Gasteiger partial charge on any atom is -0.385 e. The fourth-order valence-electron chi connectivity index (χ4n) is 2.48. The van der Waals surface area contributed by atoms with Crippen molar-refractivity contribution in [1.29, 1.82) is 5.26 Å². The lowest BCUT2D eigenvalue weighted by Gasteiger charge is -2.27. The van der Waals surface area contributed by atoms with Crippen LogP contribution in [-0.2, 0) is 0 Å². The summed E-state index contributed by atoms with van der Waals surface area (Å²) >= 11 is 0. The molecule has 0 saturated heterocycles. The van der Waals surface area contributed by atoms with Gasteiger partial charge in [-0.2, -0.15) is 5.26 Å². The largest absolute Gasteiger partial charge is 0.385 e. The summed E-state index contributed by atoms with van der Waals surface area (Å²) in [5.41, 5.74) is 7.70. The quantitative estimate of drug-likeness (QED) is 0.837. The number of rotatable bonds is 3. The fourth-order valence-corrected chi connectivity index (χ4v) is 2.48. The van der Waals surface area contributed by atoms with E-state index in [0.717, 1.165) is 18.7 Å². The zero-order valence-corrected chi connectivity index (χ0v) is 10.0. The van der Waals surface area contributed by atoms with Crippen LogP contribution in [0.4, 0.5) is 5.69 Å². The van der Waals surface area contributed by atoms with Crippen molar-refractivity contribution in [2.45, 2.75) is 31.7 Å². The smallest absolute Gasteiger partial charge is 0.0992 e. The van der Waals surface area contributed by atoms with Crippen LogP contribution in [0.25, 0.3) is 0 Å². The van der Waals surface area contributed by atoms with Crippen LogP contribution < -0.4 is 11.1 Å². The van der Waals surface area contributed by atoms with Crippen molar-refractivity contribution in [3.63, 3.8) is 0 Å². The van der Waals surface area contributed by atoms with Crippen molar-refractivity contribution in [2.24, 2.45) is 11.7 Å². The predicted octanol–water partition coefficient (Wildman–Crippen LogP) is 2.49. The molecule has 0 aromatic heterocycles. The highest BCUT2D eigenvalue weighted by Gasteiger charge is 2.18. The van der Waals surface area contributed by atoms with Crippen LogP contribution in [0.1, 0.15) is 31.2 Å². The van der Waals surface area contributed by atoms with Crippen molar-refractivity contribution < 1.29 is 0 Å². The Morgan fingerprint density at radius 1 is 1.41 bits per heavy atom. The van der Waals surface area contributed by atoms with Gasteiger partial charge in [0.15, 0.2) is 0 Å². The number of benzene rings is 1. The van der Waals surface area contributed by atoms with Crippen molar-refractivity contribution >= 4 is 5.69 Å². The van der Waals surface area contributed by atoms with E-state index < -0.39 is 0 Å². The van der Waals surface area contributed by atoms with Crippen molar-refractivity contribution in [2.75, 3.05) is 11.9 Å². The van der Waals surface area contributed by atoms with Crippen LogP contribution in [0, 0.1) is 17.2 Å². The second-order valence-electron chi connectivity index (χ2n) is 4.87. The van der Waals surface area contributed by atoms with Crippen molar-refractivity contribution in [3.05, 3.63) is 29.8 Å². The Hall–Kier alpha value is -1.53. The van der Waals surface area contributed by atoms with Crippen LogP contribution in [0.5, 0.6) is 0 Å². The molecule has 17 heavy (non-hydrogen) atoms. The van der Waals surface area contributed by atoms with Gasteiger partial charge in [-0.25, -0.2) is 0 Å². The van der Waals surface area contributed by atoms with Crippen LogP contribution in [0.15, 0.2) is 24.3 Å². The first kappa shape index (κ1) is 11.9. The molecule has 0 amide bonds. The van der Waals surface area contributed by atoms with Crippen LogP contribution in [0.2, 0.25) is 0 Å². The van der Waals surface area contributed by atoms with Gasteiger partial charge < -0.3 is 11.1 Å². The average Bonchev–Trinajstić information content (AvgIpc) is 2.37. The van der Waals surface area contributed by atoms with Crippen molar-refractivity contribution in [1.82, 2.24) is 0 Å². The second-order valence-corrected chi connectivity index (χ2v) is 4.87. The van der Waals surface area contributed by atoms with Gasteiger partial charge in [-0.05, 0) is 43.4 Å². The molecule has 1 aromatic carbocycles. The van der Waals surface area contributed by atoms with Gasteiger partial charge in [-0.1, -0.05) is 12.5 Å². The highest BCUT2D eigenvalue weighted by molar-refractivity contribution is 5.49. The van der Waals surface area contributed by atoms with E-state index in [9.17, 15) is 0 Å². The minimum absolute atomic E-state index is 0.376. The molecule has 1 saturated carbocycles. The van der Waals surface area contributed by atoms with E-state index in [0.29, 0.717) is 17.5 Å². The van der Waals surface area contributed by atoms with Crippen molar-refractivity contribution in [3.8, 4) is 6.07 Å². The summed E-state index contributed by atoms with van der Waals surface area (Å²) in [6.45, 7) is 0.961. The Kier molecular flexibility index (Phi) is 4.00. The molecule has 1 aliphatic carbocycles. The Labute approximate surface area is 103 Å². The molecule has 1 aromatic rings. The molecule has 90 valence electrons. The Morgan fingerprint density at radius 3 is 3.06 bits per heavy atom. The van der Waals surface area contributed by atoms with Gasteiger partial charge in [0.2, 0.25) is 0 Å². The minimum atomic E-state index is 0.376. The Bertz CT molecular complexity index is 408. The third-order valence-electron chi connectivity index (χ3n) is 3.41. The first-order chi connectivity index (χ1) is 8.28.